The number of aryl methyl sites for hydroxylation is 1. The molecule has 0 aliphatic heterocycles. The SMILES string of the molecule is Cc1nc(C(Cc2c[nH]c3ccccc23)NCc2cccc(F)c2)cc(=O)[nH]1. The number of nitrogens with zero attached hydrogens (tertiary/aromatic N) is 1. The van der Waals surface area contributed by atoms with Crippen LogP contribution in [0.1, 0.15) is 28.7 Å². The lowest BCUT2D eigenvalue weighted by molar-refractivity contribution is 0.514. The summed E-state index contributed by atoms with van der Waals surface area (Å²) in [6.07, 6.45) is 2.64. The van der Waals surface area contributed by atoms with Crippen molar-refractivity contribution in [1.82, 2.24) is 20.3 Å². The van der Waals surface area contributed by atoms with Gasteiger partial charge in [0.25, 0.3) is 5.56 Å². The molecule has 142 valence electrons. The predicted molar refractivity (Wildman–Crippen MR) is 108 cm³/mol. The highest BCUT2D eigenvalue weighted by molar-refractivity contribution is 5.83. The molecule has 2 heterocycles. The van der Waals surface area contributed by atoms with E-state index in [-0.39, 0.29) is 17.4 Å². The Morgan fingerprint density at radius 3 is 2.82 bits per heavy atom. The van der Waals surface area contributed by atoms with Crippen LogP contribution >= 0.6 is 0 Å². The Balaban J connectivity index is 1.65. The standard InChI is InChI=1S/C22H21FN4O/c1-14-26-21(11-22(28)27-14)20(24-12-15-5-4-6-17(23)9-15)10-16-13-25-19-8-3-2-7-18(16)19/h2-9,11,13,20,24-25H,10,12H2,1H3,(H,26,27,28). The number of aromatic nitrogens is 3. The van der Waals surface area contributed by atoms with Gasteiger partial charge < -0.3 is 15.3 Å². The van der Waals surface area contributed by atoms with Gasteiger partial charge >= 0.3 is 0 Å². The van der Waals surface area contributed by atoms with Crippen molar-refractivity contribution in [1.29, 1.82) is 0 Å². The Labute approximate surface area is 161 Å². The molecule has 6 heteroatoms. The molecule has 0 amide bonds. The van der Waals surface area contributed by atoms with Crippen molar-refractivity contribution in [2.75, 3.05) is 0 Å². The number of aromatic amines is 2. The molecule has 1 atom stereocenters. The van der Waals surface area contributed by atoms with Crippen LogP contribution in [0.15, 0.2) is 65.6 Å². The first kappa shape index (κ1) is 18.1. The molecule has 4 rings (SSSR count). The maximum atomic E-state index is 13.5. The number of rotatable bonds is 6. The fourth-order valence-electron chi connectivity index (χ4n) is 3.47. The summed E-state index contributed by atoms with van der Waals surface area (Å²) < 4.78 is 13.5. The lowest BCUT2D eigenvalue weighted by atomic mass is 10.0. The van der Waals surface area contributed by atoms with E-state index in [9.17, 15) is 9.18 Å². The van der Waals surface area contributed by atoms with Crippen LogP contribution in [-0.4, -0.2) is 15.0 Å². The lowest BCUT2D eigenvalue weighted by Crippen LogP contribution is -2.26. The molecule has 28 heavy (non-hydrogen) atoms. The molecular formula is C22H21FN4O. The number of H-pyrrole nitrogens is 2. The average Bonchev–Trinajstić information content (AvgIpc) is 3.07. The minimum absolute atomic E-state index is 0.181. The zero-order chi connectivity index (χ0) is 19.5. The van der Waals surface area contributed by atoms with E-state index in [1.165, 1.54) is 18.2 Å². The topological polar surface area (TPSA) is 73.6 Å². The van der Waals surface area contributed by atoms with Gasteiger partial charge in [0.2, 0.25) is 0 Å². The second kappa shape index (κ2) is 7.78. The van der Waals surface area contributed by atoms with Crippen LogP contribution in [0, 0.1) is 12.7 Å². The highest BCUT2D eigenvalue weighted by Gasteiger charge is 2.17. The Morgan fingerprint density at radius 1 is 1.14 bits per heavy atom. The number of halogens is 1. The second-order valence-electron chi connectivity index (χ2n) is 6.88. The van der Waals surface area contributed by atoms with Crippen molar-refractivity contribution in [2.24, 2.45) is 0 Å². The summed E-state index contributed by atoms with van der Waals surface area (Å²) in [4.78, 5) is 22.5. The molecule has 0 spiro atoms. The van der Waals surface area contributed by atoms with Gasteiger partial charge in [-0.05, 0) is 42.7 Å². The maximum absolute atomic E-state index is 13.5. The molecule has 4 aromatic rings. The highest BCUT2D eigenvalue weighted by Crippen LogP contribution is 2.24. The number of nitrogens with one attached hydrogen (secondary N) is 3. The Bertz CT molecular complexity index is 1160. The first-order valence-electron chi connectivity index (χ1n) is 9.19. The zero-order valence-electron chi connectivity index (χ0n) is 15.5. The van der Waals surface area contributed by atoms with Crippen molar-refractivity contribution < 1.29 is 4.39 Å². The Morgan fingerprint density at radius 2 is 2.00 bits per heavy atom. The van der Waals surface area contributed by atoms with Gasteiger partial charge in [0.1, 0.15) is 11.6 Å². The van der Waals surface area contributed by atoms with Gasteiger partial charge in [-0.3, -0.25) is 4.79 Å². The van der Waals surface area contributed by atoms with Crippen LogP contribution < -0.4 is 10.9 Å². The van der Waals surface area contributed by atoms with Crippen molar-refractivity contribution in [2.45, 2.75) is 25.9 Å². The number of para-hydroxylation sites is 1. The third kappa shape index (κ3) is 4.02. The monoisotopic (exact) mass is 376 g/mol. The highest BCUT2D eigenvalue weighted by atomic mass is 19.1. The van der Waals surface area contributed by atoms with Gasteiger partial charge in [-0.25, -0.2) is 9.37 Å². The zero-order valence-corrected chi connectivity index (χ0v) is 15.5. The minimum Gasteiger partial charge on any atom is -0.361 e. The minimum atomic E-state index is -0.266. The quantitative estimate of drug-likeness (QED) is 0.480. The fraction of sp³-hybridized carbons (Fsp3) is 0.182. The summed E-state index contributed by atoms with van der Waals surface area (Å²) in [7, 11) is 0. The summed E-state index contributed by atoms with van der Waals surface area (Å²) in [5.74, 6) is 0.302. The van der Waals surface area contributed by atoms with E-state index >= 15 is 0 Å². The van der Waals surface area contributed by atoms with Gasteiger partial charge in [-0.15, -0.1) is 0 Å². The van der Waals surface area contributed by atoms with Crippen LogP contribution in [0.2, 0.25) is 0 Å². The predicted octanol–water partition coefficient (Wildman–Crippen LogP) is 3.77. The Kier molecular flexibility index (Phi) is 5.04. The van der Waals surface area contributed by atoms with Crippen molar-refractivity contribution in [3.8, 4) is 0 Å². The van der Waals surface area contributed by atoms with Crippen molar-refractivity contribution >= 4 is 10.9 Å². The molecule has 0 saturated heterocycles. The van der Waals surface area contributed by atoms with Gasteiger partial charge in [-0.2, -0.15) is 0 Å². The van der Waals surface area contributed by atoms with Gasteiger partial charge in [0.15, 0.2) is 0 Å². The first-order valence-corrected chi connectivity index (χ1v) is 9.19. The van der Waals surface area contributed by atoms with E-state index in [4.69, 9.17) is 0 Å². The smallest absolute Gasteiger partial charge is 0.251 e. The molecule has 0 aliphatic carbocycles. The summed E-state index contributed by atoms with van der Waals surface area (Å²) in [5, 5.41) is 4.58. The van der Waals surface area contributed by atoms with Crippen molar-refractivity contribution in [3.63, 3.8) is 0 Å². The summed E-state index contributed by atoms with van der Waals surface area (Å²) in [6, 6.07) is 15.9. The van der Waals surface area contributed by atoms with Crippen molar-refractivity contribution in [3.05, 3.63) is 99.6 Å². The molecule has 5 nitrogen and oxygen atoms in total. The van der Waals surface area contributed by atoms with E-state index in [1.807, 2.05) is 30.5 Å². The number of fused-ring (bicyclic) bond motifs is 1. The van der Waals surface area contributed by atoms with Crippen LogP contribution in [-0.2, 0) is 13.0 Å². The lowest BCUT2D eigenvalue weighted by Gasteiger charge is -2.18. The number of hydrogen-bond donors (Lipinski definition) is 3. The third-order valence-electron chi connectivity index (χ3n) is 4.78. The Hall–Kier alpha value is -3.25. The molecule has 2 aromatic carbocycles. The second-order valence-corrected chi connectivity index (χ2v) is 6.88. The summed E-state index contributed by atoms with van der Waals surface area (Å²) >= 11 is 0. The number of benzene rings is 2. The molecule has 2 aromatic heterocycles. The van der Waals surface area contributed by atoms with Crippen LogP contribution in [0.5, 0.6) is 0 Å². The van der Waals surface area contributed by atoms with Gasteiger partial charge in [-0.1, -0.05) is 30.3 Å². The third-order valence-corrected chi connectivity index (χ3v) is 4.78. The van der Waals surface area contributed by atoms with Crippen LogP contribution in [0.4, 0.5) is 4.39 Å². The van der Waals surface area contributed by atoms with Crippen LogP contribution in [0.25, 0.3) is 10.9 Å². The van der Waals surface area contributed by atoms with E-state index in [0.29, 0.717) is 24.5 Å². The molecule has 0 fully saturated rings. The fourth-order valence-corrected chi connectivity index (χ4v) is 3.47. The molecule has 0 saturated carbocycles. The molecule has 1 unspecified atom stereocenters. The molecule has 0 aliphatic rings. The first-order chi connectivity index (χ1) is 13.6. The maximum Gasteiger partial charge on any atom is 0.251 e. The summed E-state index contributed by atoms with van der Waals surface area (Å²) in [5.41, 5.74) is 3.52. The van der Waals surface area contributed by atoms with Gasteiger partial charge in [0, 0.05) is 29.7 Å². The summed E-state index contributed by atoms with van der Waals surface area (Å²) in [6.45, 7) is 2.23. The van der Waals surface area contributed by atoms with Crippen LogP contribution in [0.3, 0.4) is 0 Å². The van der Waals surface area contributed by atoms with E-state index < -0.39 is 0 Å². The normalized spacial score (nSPS) is 12.4. The number of hydrogen-bond acceptors (Lipinski definition) is 3. The van der Waals surface area contributed by atoms with E-state index in [0.717, 1.165) is 22.0 Å². The molecule has 3 N–H and O–H groups in total. The van der Waals surface area contributed by atoms with Gasteiger partial charge in [0.05, 0.1) is 11.7 Å². The van der Waals surface area contributed by atoms with E-state index in [1.54, 1.807) is 13.0 Å². The molecule has 0 bridgehead atoms. The molecule has 0 radical (unpaired) electrons. The average molecular weight is 376 g/mol. The largest absolute Gasteiger partial charge is 0.361 e. The van der Waals surface area contributed by atoms with E-state index in [2.05, 4.69) is 26.3 Å². The molecular weight excluding hydrogens is 355 g/mol.